The van der Waals surface area contributed by atoms with Crippen LogP contribution in [0.1, 0.15) is 28.8 Å². The quantitative estimate of drug-likeness (QED) is 0.348. The number of nitrogens with zero attached hydrogens (tertiary/aromatic N) is 2. The molecule has 11 nitrogen and oxygen atoms in total. The van der Waals surface area contributed by atoms with E-state index < -0.39 is 42.2 Å². The number of rotatable bonds is 10. The molecular formula is C20H27ClN4O7. The number of nitrogens with one attached hydrogen (secondary N) is 1. The minimum absolute atomic E-state index is 0. The minimum Gasteiger partial charge on any atom is -0.481 e. The number of benzene rings is 1. The van der Waals surface area contributed by atoms with E-state index in [0.29, 0.717) is 18.5 Å². The van der Waals surface area contributed by atoms with Crippen LogP contribution in [0.4, 0.5) is 0 Å². The van der Waals surface area contributed by atoms with Gasteiger partial charge in [-0.1, -0.05) is 12.1 Å². The number of carbonyl (C=O) groups is 5. The second kappa shape index (κ2) is 12.6. The van der Waals surface area contributed by atoms with Crippen LogP contribution in [0.5, 0.6) is 0 Å². The van der Waals surface area contributed by atoms with Gasteiger partial charge < -0.3 is 31.1 Å². The van der Waals surface area contributed by atoms with Crippen molar-refractivity contribution in [3.63, 3.8) is 0 Å². The highest BCUT2D eigenvalue weighted by atomic mass is 35.5. The molecule has 1 aromatic carbocycles. The molecule has 3 amide bonds. The second-order valence-electron chi connectivity index (χ2n) is 7.11. The molecule has 1 aliphatic rings. The first-order chi connectivity index (χ1) is 14.7. The van der Waals surface area contributed by atoms with E-state index in [0.717, 1.165) is 10.5 Å². The first kappa shape index (κ1) is 26.9. The molecule has 1 aromatic rings. The number of piperazine rings is 1. The van der Waals surface area contributed by atoms with Crippen LogP contribution in [0.25, 0.3) is 0 Å². The van der Waals surface area contributed by atoms with E-state index in [-0.39, 0.29) is 44.9 Å². The van der Waals surface area contributed by atoms with Gasteiger partial charge in [-0.05, 0) is 37.1 Å². The van der Waals surface area contributed by atoms with Crippen LogP contribution in [-0.2, 0) is 25.6 Å². The number of carboxylic acids is 2. The maximum Gasteiger partial charge on any atom is 0.323 e. The average molecular weight is 471 g/mol. The van der Waals surface area contributed by atoms with Crippen LogP contribution in [0, 0.1) is 0 Å². The lowest BCUT2D eigenvalue weighted by Gasteiger charge is -2.40. The molecule has 2 rings (SSSR count). The fourth-order valence-corrected chi connectivity index (χ4v) is 3.35. The van der Waals surface area contributed by atoms with E-state index in [1.807, 2.05) is 0 Å². The molecule has 1 saturated heterocycles. The van der Waals surface area contributed by atoms with E-state index in [4.69, 9.17) is 15.9 Å². The van der Waals surface area contributed by atoms with Gasteiger partial charge >= 0.3 is 11.9 Å². The molecule has 0 unspecified atom stereocenters. The van der Waals surface area contributed by atoms with E-state index in [1.165, 1.54) is 4.90 Å². The summed E-state index contributed by atoms with van der Waals surface area (Å²) in [5.41, 5.74) is 6.83. The van der Waals surface area contributed by atoms with E-state index in [9.17, 15) is 24.0 Å². The van der Waals surface area contributed by atoms with Gasteiger partial charge in [0, 0.05) is 25.1 Å². The smallest absolute Gasteiger partial charge is 0.323 e. The molecule has 1 heterocycles. The molecule has 5 N–H and O–H groups in total. The van der Waals surface area contributed by atoms with Gasteiger partial charge in [0.1, 0.15) is 12.6 Å². The molecule has 0 spiro atoms. The topological polar surface area (TPSA) is 170 Å². The number of amides is 3. The fraction of sp³-hybridized carbons (Fsp3) is 0.450. The lowest BCUT2D eigenvalue weighted by molar-refractivity contribution is -0.156. The third kappa shape index (κ3) is 7.50. The van der Waals surface area contributed by atoms with Crippen LogP contribution in [0.3, 0.4) is 0 Å². The van der Waals surface area contributed by atoms with Crippen molar-refractivity contribution < 1.29 is 34.2 Å². The summed E-state index contributed by atoms with van der Waals surface area (Å²) in [6.07, 6.45) is 0.176. The standard InChI is InChI=1S/C20H26N4O7.ClH/c21-8-7-13-1-3-14(4-2-13)19(30)22-11-16(25)24-10-9-23(12-18(28)29)20(31)15(24)5-6-17(26)27;/h1-4,15H,5-12,21H2,(H,22,30)(H,26,27)(H,28,29);1H/t15-;/m0./s1. The van der Waals surface area contributed by atoms with Gasteiger partial charge in [-0.15, -0.1) is 12.4 Å². The number of carboxylic acid groups (broad SMARTS) is 2. The first-order valence-corrected chi connectivity index (χ1v) is 9.82. The Morgan fingerprint density at radius 2 is 1.72 bits per heavy atom. The molecule has 176 valence electrons. The highest BCUT2D eigenvalue weighted by Crippen LogP contribution is 2.17. The van der Waals surface area contributed by atoms with Crippen molar-refractivity contribution in [1.82, 2.24) is 15.1 Å². The molecule has 0 saturated carbocycles. The van der Waals surface area contributed by atoms with Crippen LogP contribution < -0.4 is 11.1 Å². The number of carbonyl (C=O) groups excluding carboxylic acids is 3. The number of nitrogens with two attached hydrogens (primary N) is 1. The summed E-state index contributed by atoms with van der Waals surface area (Å²) < 4.78 is 0. The van der Waals surface area contributed by atoms with Crippen LogP contribution in [0.2, 0.25) is 0 Å². The number of halogens is 1. The zero-order valence-electron chi connectivity index (χ0n) is 17.4. The molecule has 1 fully saturated rings. The largest absolute Gasteiger partial charge is 0.481 e. The predicted molar refractivity (Wildman–Crippen MR) is 115 cm³/mol. The lowest BCUT2D eigenvalue weighted by Crippen LogP contribution is -2.60. The maximum absolute atomic E-state index is 12.7. The zero-order chi connectivity index (χ0) is 23.0. The predicted octanol–water partition coefficient (Wildman–Crippen LogP) is -0.672. The van der Waals surface area contributed by atoms with Crippen molar-refractivity contribution in [2.24, 2.45) is 5.73 Å². The fourth-order valence-electron chi connectivity index (χ4n) is 3.35. The molecule has 1 aliphatic heterocycles. The molecule has 0 aliphatic carbocycles. The maximum atomic E-state index is 12.7. The van der Waals surface area contributed by atoms with Crippen LogP contribution in [0.15, 0.2) is 24.3 Å². The monoisotopic (exact) mass is 470 g/mol. The highest BCUT2D eigenvalue weighted by molar-refractivity contribution is 5.97. The Labute approximate surface area is 190 Å². The Hall–Kier alpha value is -3.18. The Bertz CT molecular complexity index is 847. The van der Waals surface area contributed by atoms with E-state index in [1.54, 1.807) is 24.3 Å². The van der Waals surface area contributed by atoms with Crippen molar-refractivity contribution in [3.05, 3.63) is 35.4 Å². The average Bonchev–Trinajstić information content (AvgIpc) is 2.72. The third-order valence-electron chi connectivity index (χ3n) is 4.91. The number of hydrogen-bond acceptors (Lipinski definition) is 6. The van der Waals surface area contributed by atoms with Crippen molar-refractivity contribution >= 4 is 42.1 Å². The SMILES string of the molecule is Cl.NCCc1ccc(C(=O)NCC(=O)N2CCN(CC(=O)O)C(=O)[C@@H]2CCC(=O)O)cc1. The summed E-state index contributed by atoms with van der Waals surface area (Å²) in [6, 6.07) is 5.69. The van der Waals surface area contributed by atoms with Crippen molar-refractivity contribution in [3.8, 4) is 0 Å². The Morgan fingerprint density at radius 3 is 2.28 bits per heavy atom. The van der Waals surface area contributed by atoms with Gasteiger partial charge in [0.2, 0.25) is 11.8 Å². The summed E-state index contributed by atoms with van der Waals surface area (Å²) in [7, 11) is 0. The molecule has 12 heteroatoms. The summed E-state index contributed by atoms with van der Waals surface area (Å²) in [4.78, 5) is 61.8. The first-order valence-electron chi connectivity index (χ1n) is 9.82. The minimum atomic E-state index is -1.20. The number of aliphatic carboxylic acids is 2. The molecular weight excluding hydrogens is 444 g/mol. The summed E-state index contributed by atoms with van der Waals surface area (Å²) in [5, 5.41) is 20.4. The van der Waals surface area contributed by atoms with E-state index in [2.05, 4.69) is 5.32 Å². The number of hydrogen-bond donors (Lipinski definition) is 4. The molecule has 0 bridgehead atoms. The van der Waals surface area contributed by atoms with Gasteiger partial charge in [0.25, 0.3) is 5.91 Å². The van der Waals surface area contributed by atoms with Gasteiger partial charge in [0.15, 0.2) is 0 Å². The third-order valence-corrected chi connectivity index (χ3v) is 4.91. The summed E-state index contributed by atoms with van der Waals surface area (Å²) in [5.74, 6) is -3.97. The zero-order valence-corrected chi connectivity index (χ0v) is 18.2. The summed E-state index contributed by atoms with van der Waals surface area (Å²) >= 11 is 0. The van der Waals surface area contributed by atoms with Crippen molar-refractivity contribution in [2.45, 2.75) is 25.3 Å². The van der Waals surface area contributed by atoms with Gasteiger partial charge in [-0.2, -0.15) is 0 Å². The van der Waals surface area contributed by atoms with E-state index >= 15 is 0 Å². The molecule has 32 heavy (non-hydrogen) atoms. The van der Waals surface area contributed by atoms with Crippen molar-refractivity contribution in [2.75, 3.05) is 32.7 Å². The second-order valence-corrected chi connectivity index (χ2v) is 7.11. The molecule has 0 radical (unpaired) electrons. The van der Waals surface area contributed by atoms with Crippen LogP contribution in [-0.4, -0.2) is 88.4 Å². The summed E-state index contributed by atoms with van der Waals surface area (Å²) in [6.45, 7) is -0.356. The molecule has 0 aromatic heterocycles. The molecule has 1 atom stereocenters. The highest BCUT2D eigenvalue weighted by Gasteiger charge is 2.38. The van der Waals surface area contributed by atoms with Gasteiger partial charge in [-0.3, -0.25) is 24.0 Å². The normalized spacial score (nSPS) is 15.7. The lowest BCUT2D eigenvalue weighted by atomic mass is 10.0. The van der Waals surface area contributed by atoms with Crippen LogP contribution >= 0.6 is 12.4 Å². The Kier molecular flexibility index (Phi) is 10.6. The Balaban J connectivity index is 0.00000512. The van der Waals surface area contributed by atoms with Crippen molar-refractivity contribution in [1.29, 1.82) is 0 Å². The van der Waals surface area contributed by atoms with Gasteiger partial charge in [-0.25, -0.2) is 0 Å². The Morgan fingerprint density at radius 1 is 1.06 bits per heavy atom. The van der Waals surface area contributed by atoms with Gasteiger partial charge in [0.05, 0.1) is 6.54 Å².